The smallest absolute Gasteiger partial charge is 0.273 e. The van der Waals surface area contributed by atoms with Crippen LogP contribution in [0.4, 0.5) is 0 Å². The number of benzene rings is 1. The number of aromatic nitrogens is 1. The number of halogens is 1. The first-order chi connectivity index (χ1) is 11.6. The molecular formula is C19H28ClN3OS. The van der Waals surface area contributed by atoms with E-state index in [1.165, 1.54) is 22.5 Å². The summed E-state index contributed by atoms with van der Waals surface area (Å²) in [5.41, 5.74) is 8.64. The van der Waals surface area contributed by atoms with Gasteiger partial charge in [-0.3, -0.25) is 4.79 Å². The monoisotopic (exact) mass is 381 g/mol. The number of nitrogens with zero attached hydrogens (tertiary/aromatic N) is 2. The number of likely N-dealkylation sites (N-methyl/N-ethyl adjacent to an activating group) is 1. The minimum absolute atomic E-state index is 0. The summed E-state index contributed by atoms with van der Waals surface area (Å²) >= 11 is 1.52. The van der Waals surface area contributed by atoms with Crippen LogP contribution in [-0.2, 0) is 12.8 Å². The Morgan fingerprint density at radius 3 is 2.52 bits per heavy atom. The standard InChI is InChI=1S/C19H27N3OS.ClH/c1-4-16(12-15-8-6-14(3)7-9-15)22(5-2)19(23)17-13-24-18(21-17)10-11-20;/h6-9,13,16H,4-5,10-12,20H2,1-3H3;1H. The highest BCUT2D eigenvalue weighted by Crippen LogP contribution is 2.18. The van der Waals surface area contributed by atoms with Gasteiger partial charge in [0.05, 0.1) is 5.01 Å². The van der Waals surface area contributed by atoms with E-state index in [4.69, 9.17) is 5.73 Å². The molecule has 6 heteroatoms. The molecule has 0 saturated carbocycles. The van der Waals surface area contributed by atoms with Crippen LogP contribution in [0, 0.1) is 6.92 Å². The summed E-state index contributed by atoms with van der Waals surface area (Å²) < 4.78 is 0. The number of carbonyl (C=O) groups is 1. The van der Waals surface area contributed by atoms with Gasteiger partial charge in [-0.15, -0.1) is 23.7 Å². The third-order valence-corrected chi connectivity index (χ3v) is 5.14. The van der Waals surface area contributed by atoms with Gasteiger partial charge >= 0.3 is 0 Å². The molecule has 1 heterocycles. The Hall–Kier alpha value is -1.43. The molecule has 2 rings (SSSR count). The van der Waals surface area contributed by atoms with Gasteiger partial charge < -0.3 is 10.6 Å². The largest absolute Gasteiger partial charge is 0.334 e. The first kappa shape index (κ1) is 21.6. The molecule has 0 spiro atoms. The van der Waals surface area contributed by atoms with E-state index < -0.39 is 0 Å². The summed E-state index contributed by atoms with van der Waals surface area (Å²) in [6.45, 7) is 7.50. The fourth-order valence-electron chi connectivity index (χ4n) is 2.83. The van der Waals surface area contributed by atoms with Crippen molar-refractivity contribution in [2.45, 2.75) is 46.1 Å². The summed E-state index contributed by atoms with van der Waals surface area (Å²) in [6.07, 6.45) is 2.52. The van der Waals surface area contributed by atoms with E-state index in [1.807, 2.05) is 17.2 Å². The van der Waals surface area contributed by atoms with Crippen LogP contribution in [0.15, 0.2) is 29.6 Å². The van der Waals surface area contributed by atoms with E-state index in [1.54, 1.807) is 0 Å². The molecule has 1 atom stereocenters. The van der Waals surface area contributed by atoms with Crippen LogP contribution in [0.25, 0.3) is 0 Å². The molecular weight excluding hydrogens is 354 g/mol. The topological polar surface area (TPSA) is 59.2 Å². The molecule has 25 heavy (non-hydrogen) atoms. The maximum absolute atomic E-state index is 12.9. The summed E-state index contributed by atoms with van der Waals surface area (Å²) in [4.78, 5) is 19.3. The Kier molecular flexibility index (Phi) is 9.11. The number of amides is 1. The highest BCUT2D eigenvalue weighted by atomic mass is 35.5. The maximum atomic E-state index is 12.9. The minimum atomic E-state index is 0. The molecule has 1 aromatic heterocycles. The molecule has 0 fully saturated rings. The normalized spacial score (nSPS) is 11.7. The molecule has 1 unspecified atom stereocenters. The van der Waals surface area contributed by atoms with Gasteiger partial charge in [-0.2, -0.15) is 0 Å². The van der Waals surface area contributed by atoms with Crippen molar-refractivity contribution in [1.82, 2.24) is 9.88 Å². The molecule has 0 aliphatic rings. The van der Waals surface area contributed by atoms with Gasteiger partial charge in [0, 0.05) is 24.4 Å². The Bertz CT molecular complexity index is 657. The van der Waals surface area contributed by atoms with Gasteiger partial charge in [-0.1, -0.05) is 36.8 Å². The molecule has 0 aliphatic heterocycles. The Balaban J connectivity index is 0.00000312. The van der Waals surface area contributed by atoms with Crippen molar-refractivity contribution >= 4 is 29.7 Å². The zero-order valence-corrected chi connectivity index (χ0v) is 16.8. The van der Waals surface area contributed by atoms with Crippen LogP contribution in [-0.4, -0.2) is 34.9 Å². The van der Waals surface area contributed by atoms with Crippen LogP contribution in [0.3, 0.4) is 0 Å². The molecule has 138 valence electrons. The van der Waals surface area contributed by atoms with Crippen LogP contribution < -0.4 is 5.73 Å². The Morgan fingerprint density at radius 2 is 1.96 bits per heavy atom. The number of aryl methyl sites for hydroxylation is 1. The lowest BCUT2D eigenvalue weighted by Gasteiger charge is -2.30. The average Bonchev–Trinajstić information content (AvgIpc) is 3.05. The van der Waals surface area contributed by atoms with Crippen molar-refractivity contribution in [3.05, 3.63) is 51.5 Å². The highest BCUT2D eigenvalue weighted by Gasteiger charge is 2.24. The zero-order valence-electron chi connectivity index (χ0n) is 15.2. The second-order valence-corrected chi connectivity index (χ2v) is 6.95. The van der Waals surface area contributed by atoms with Gasteiger partial charge in [0.1, 0.15) is 5.69 Å². The first-order valence-corrected chi connectivity index (χ1v) is 9.47. The van der Waals surface area contributed by atoms with E-state index in [0.717, 1.165) is 24.3 Å². The van der Waals surface area contributed by atoms with Gasteiger partial charge in [0.2, 0.25) is 0 Å². The highest BCUT2D eigenvalue weighted by molar-refractivity contribution is 7.09. The lowest BCUT2D eigenvalue weighted by Crippen LogP contribution is -2.41. The minimum Gasteiger partial charge on any atom is -0.334 e. The lowest BCUT2D eigenvalue weighted by atomic mass is 10.0. The van der Waals surface area contributed by atoms with Crippen LogP contribution in [0.2, 0.25) is 0 Å². The third kappa shape index (κ3) is 5.80. The molecule has 4 nitrogen and oxygen atoms in total. The average molecular weight is 382 g/mol. The predicted molar refractivity (Wildman–Crippen MR) is 108 cm³/mol. The number of hydrogen-bond acceptors (Lipinski definition) is 4. The van der Waals surface area contributed by atoms with E-state index in [0.29, 0.717) is 18.8 Å². The van der Waals surface area contributed by atoms with E-state index >= 15 is 0 Å². The van der Waals surface area contributed by atoms with Crippen molar-refractivity contribution in [1.29, 1.82) is 0 Å². The predicted octanol–water partition coefficient (Wildman–Crippen LogP) is 3.86. The second-order valence-electron chi connectivity index (χ2n) is 6.01. The first-order valence-electron chi connectivity index (χ1n) is 8.60. The number of nitrogens with two attached hydrogens (primary N) is 1. The lowest BCUT2D eigenvalue weighted by molar-refractivity contribution is 0.0678. The van der Waals surface area contributed by atoms with Gasteiger partial charge in [0.25, 0.3) is 5.91 Å². The number of thiazole rings is 1. The quantitative estimate of drug-likeness (QED) is 0.755. The van der Waals surface area contributed by atoms with Crippen molar-refractivity contribution in [2.24, 2.45) is 5.73 Å². The number of hydrogen-bond donors (Lipinski definition) is 1. The molecule has 2 N–H and O–H groups in total. The number of carbonyl (C=O) groups excluding carboxylic acids is 1. The summed E-state index contributed by atoms with van der Waals surface area (Å²) in [7, 11) is 0. The molecule has 1 aromatic carbocycles. The van der Waals surface area contributed by atoms with E-state index in [-0.39, 0.29) is 24.4 Å². The van der Waals surface area contributed by atoms with Crippen LogP contribution in [0.5, 0.6) is 0 Å². The molecule has 0 saturated heterocycles. The Morgan fingerprint density at radius 1 is 1.28 bits per heavy atom. The van der Waals surface area contributed by atoms with E-state index in [2.05, 4.69) is 43.1 Å². The van der Waals surface area contributed by atoms with Gasteiger partial charge in [-0.25, -0.2) is 4.98 Å². The van der Waals surface area contributed by atoms with Crippen LogP contribution in [0.1, 0.15) is 46.9 Å². The molecule has 1 amide bonds. The molecule has 0 radical (unpaired) electrons. The summed E-state index contributed by atoms with van der Waals surface area (Å²) in [6, 6.07) is 8.74. The van der Waals surface area contributed by atoms with Crippen molar-refractivity contribution in [2.75, 3.05) is 13.1 Å². The third-order valence-electron chi connectivity index (χ3n) is 4.23. The van der Waals surface area contributed by atoms with Crippen molar-refractivity contribution in [3.8, 4) is 0 Å². The van der Waals surface area contributed by atoms with Crippen LogP contribution >= 0.6 is 23.7 Å². The SMILES string of the molecule is CCC(Cc1ccc(C)cc1)N(CC)C(=O)c1csc(CCN)n1.Cl. The molecule has 2 aromatic rings. The van der Waals surface area contributed by atoms with E-state index in [9.17, 15) is 4.79 Å². The Labute approximate surface area is 160 Å². The fraction of sp³-hybridized carbons (Fsp3) is 0.474. The van der Waals surface area contributed by atoms with Gasteiger partial charge in [0.15, 0.2) is 0 Å². The zero-order chi connectivity index (χ0) is 17.5. The fourth-order valence-corrected chi connectivity index (χ4v) is 3.62. The van der Waals surface area contributed by atoms with Gasteiger partial charge in [-0.05, 0) is 38.8 Å². The summed E-state index contributed by atoms with van der Waals surface area (Å²) in [5, 5.41) is 2.79. The summed E-state index contributed by atoms with van der Waals surface area (Å²) in [5.74, 6) is 0.0241. The molecule has 0 bridgehead atoms. The molecule has 0 aliphatic carbocycles. The van der Waals surface area contributed by atoms with Crippen molar-refractivity contribution in [3.63, 3.8) is 0 Å². The number of rotatable bonds is 8. The maximum Gasteiger partial charge on any atom is 0.273 e. The second kappa shape index (κ2) is 10.5. The van der Waals surface area contributed by atoms with Crippen molar-refractivity contribution < 1.29 is 4.79 Å².